The van der Waals surface area contributed by atoms with Crippen LogP contribution in [-0.2, 0) is 0 Å². The number of anilines is 1. The molecule has 2 aromatic rings. The minimum absolute atomic E-state index is 0.676. The van der Waals surface area contributed by atoms with Gasteiger partial charge in [0.2, 0.25) is 0 Å². The maximum Gasteiger partial charge on any atom is 0.160 e. The fourth-order valence-corrected chi connectivity index (χ4v) is 1.27. The molecule has 1 heterocycles. The van der Waals surface area contributed by atoms with E-state index >= 15 is 0 Å². The smallest absolute Gasteiger partial charge is 0.160 e. The lowest BCUT2D eigenvalue weighted by molar-refractivity contribution is 1.16. The minimum atomic E-state index is 0.676. The van der Waals surface area contributed by atoms with Crippen molar-refractivity contribution in [3.05, 3.63) is 30.5 Å². The summed E-state index contributed by atoms with van der Waals surface area (Å²) in [7, 11) is 0. The minimum Gasteiger partial charge on any atom is -0.294 e. The van der Waals surface area contributed by atoms with Crippen LogP contribution < -0.4 is 9.88 Å². The highest BCUT2D eigenvalue weighted by Crippen LogP contribution is 2.10. The van der Waals surface area contributed by atoms with E-state index in [9.17, 15) is 0 Å². The van der Waals surface area contributed by atoms with Crippen LogP contribution in [0.2, 0.25) is 0 Å². The van der Waals surface area contributed by atoms with Gasteiger partial charge in [0.05, 0.1) is 17.2 Å². The van der Waals surface area contributed by atoms with Crippen molar-refractivity contribution in [1.82, 2.24) is 14.4 Å². The Hall–Kier alpha value is -1.20. The Morgan fingerprint density at radius 1 is 1.15 bits per heavy atom. The van der Waals surface area contributed by atoms with Crippen molar-refractivity contribution in [3.8, 4) is 0 Å². The van der Waals surface area contributed by atoms with Crippen LogP contribution in [0, 0.1) is 0 Å². The van der Waals surface area contributed by atoms with Gasteiger partial charge in [-0.3, -0.25) is 10.4 Å². The Labute approximate surface area is 83.7 Å². The number of hydrogen-bond donors (Lipinski definition) is 2. The van der Waals surface area contributed by atoms with Crippen molar-refractivity contribution >= 4 is 33.0 Å². The van der Waals surface area contributed by atoms with Gasteiger partial charge >= 0.3 is 0 Å². The summed E-state index contributed by atoms with van der Waals surface area (Å²) in [5.41, 5.74) is 4.55. The quantitative estimate of drug-likeness (QED) is 0.620. The van der Waals surface area contributed by atoms with Gasteiger partial charge in [0.25, 0.3) is 0 Å². The maximum atomic E-state index is 4.30. The topological polar surface area (TPSA) is 49.8 Å². The second kappa shape index (κ2) is 3.68. The van der Waals surface area contributed by atoms with Crippen LogP contribution in [0.3, 0.4) is 0 Å². The number of hydrogen-bond acceptors (Lipinski definition) is 4. The summed E-state index contributed by atoms with van der Waals surface area (Å²) in [5, 5.41) is 0. The zero-order valence-corrected chi connectivity index (χ0v) is 8.25. The molecule has 4 nitrogen and oxygen atoms in total. The van der Waals surface area contributed by atoms with E-state index in [1.807, 2.05) is 24.3 Å². The fraction of sp³-hybridized carbons (Fsp3) is 0. The molecule has 0 aliphatic heterocycles. The van der Waals surface area contributed by atoms with Gasteiger partial charge < -0.3 is 0 Å². The van der Waals surface area contributed by atoms with Gasteiger partial charge in [-0.1, -0.05) is 12.1 Å². The average Bonchev–Trinajstić information content (AvgIpc) is 2.18. The number of benzene rings is 1. The summed E-state index contributed by atoms with van der Waals surface area (Å²) in [5.74, 6) is 0.676. The summed E-state index contributed by atoms with van der Waals surface area (Å²) >= 11 is 3.02. The normalized spacial score (nSPS) is 10.2. The lowest BCUT2D eigenvalue weighted by Gasteiger charge is -2.01. The number of rotatable bonds is 2. The van der Waals surface area contributed by atoms with Crippen molar-refractivity contribution in [1.29, 1.82) is 0 Å². The number of halogens is 1. The zero-order chi connectivity index (χ0) is 9.10. The molecule has 0 spiro atoms. The first-order valence-corrected chi connectivity index (χ1v) is 4.53. The number of fused-ring (bicyclic) bond motifs is 1. The van der Waals surface area contributed by atoms with E-state index in [0.29, 0.717) is 5.82 Å². The molecule has 1 aromatic carbocycles. The van der Waals surface area contributed by atoms with Crippen LogP contribution in [0.25, 0.3) is 11.0 Å². The second-order valence-electron chi connectivity index (χ2n) is 2.46. The molecule has 0 saturated heterocycles. The van der Waals surface area contributed by atoms with Gasteiger partial charge in [0, 0.05) is 16.1 Å². The van der Waals surface area contributed by atoms with Crippen molar-refractivity contribution in [2.45, 2.75) is 0 Å². The first-order valence-electron chi connectivity index (χ1n) is 3.73. The number of nitrogens with zero attached hydrogens (tertiary/aromatic N) is 2. The molecule has 2 N–H and O–H groups in total. The molecule has 0 radical (unpaired) electrons. The van der Waals surface area contributed by atoms with Gasteiger partial charge in [0.1, 0.15) is 0 Å². The van der Waals surface area contributed by atoms with E-state index in [1.54, 1.807) is 6.20 Å². The second-order valence-corrected chi connectivity index (χ2v) is 2.86. The fourth-order valence-electron chi connectivity index (χ4n) is 1.07. The summed E-state index contributed by atoms with van der Waals surface area (Å²) in [6.07, 6.45) is 1.66. The Bertz CT molecular complexity index is 418. The Morgan fingerprint density at radius 2 is 1.92 bits per heavy atom. The molecular weight excluding hydrogens is 232 g/mol. The summed E-state index contributed by atoms with van der Waals surface area (Å²) < 4.78 is 2.61. The van der Waals surface area contributed by atoms with Gasteiger partial charge in [-0.2, -0.15) is 4.45 Å². The molecule has 2 rings (SSSR count). The molecule has 0 unspecified atom stereocenters. The SMILES string of the molecule is BrNNc1cnc2ccccc2n1. The molecule has 1 aromatic heterocycles. The number of hydrazine groups is 1. The first kappa shape index (κ1) is 8.40. The van der Waals surface area contributed by atoms with E-state index in [-0.39, 0.29) is 0 Å². The predicted octanol–water partition coefficient (Wildman–Crippen LogP) is 1.86. The van der Waals surface area contributed by atoms with Crippen LogP contribution in [-0.4, -0.2) is 9.97 Å². The Kier molecular flexibility index (Phi) is 2.37. The highest BCUT2D eigenvalue weighted by Gasteiger charge is 1.96. The molecule has 0 aliphatic rings. The van der Waals surface area contributed by atoms with E-state index < -0.39 is 0 Å². The van der Waals surface area contributed by atoms with E-state index in [4.69, 9.17) is 0 Å². The number of aromatic nitrogens is 2. The summed E-state index contributed by atoms with van der Waals surface area (Å²) in [4.78, 5) is 8.51. The van der Waals surface area contributed by atoms with Crippen LogP contribution in [0.5, 0.6) is 0 Å². The third-order valence-corrected chi connectivity index (χ3v) is 1.82. The van der Waals surface area contributed by atoms with Crippen LogP contribution in [0.4, 0.5) is 5.82 Å². The van der Waals surface area contributed by atoms with Crippen LogP contribution in [0.15, 0.2) is 30.5 Å². The number of para-hydroxylation sites is 2. The van der Waals surface area contributed by atoms with Crippen molar-refractivity contribution < 1.29 is 0 Å². The summed E-state index contributed by atoms with van der Waals surface area (Å²) in [6.45, 7) is 0. The molecule has 66 valence electrons. The predicted molar refractivity (Wildman–Crippen MR) is 55.2 cm³/mol. The summed E-state index contributed by atoms with van der Waals surface area (Å²) in [6, 6.07) is 7.71. The van der Waals surface area contributed by atoms with Crippen LogP contribution >= 0.6 is 16.1 Å². The average molecular weight is 239 g/mol. The standard InChI is InChI=1S/C8H7BrN4/c9-13-12-8-5-10-6-3-1-2-4-7(6)11-8/h1-5,13H,(H,11,12). The van der Waals surface area contributed by atoms with Gasteiger partial charge in [-0.25, -0.2) is 4.98 Å². The molecule has 0 saturated carbocycles. The zero-order valence-electron chi connectivity index (χ0n) is 6.66. The molecule has 5 heteroatoms. The van der Waals surface area contributed by atoms with E-state index in [1.165, 1.54) is 0 Å². The lowest BCUT2D eigenvalue weighted by Crippen LogP contribution is -2.09. The van der Waals surface area contributed by atoms with Crippen LogP contribution in [0.1, 0.15) is 0 Å². The maximum absolute atomic E-state index is 4.30. The highest BCUT2D eigenvalue weighted by molar-refractivity contribution is 9.08. The van der Waals surface area contributed by atoms with Crippen molar-refractivity contribution in [3.63, 3.8) is 0 Å². The Morgan fingerprint density at radius 3 is 2.69 bits per heavy atom. The third kappa shape index (κ3) is 1.76. The Balaban J connectivity index is 2.49. The van der Waals surface area contributed by atoms with Crippen molar-refractivity contribution in [2.24, 2.45) is 0 Å². The third-order valence-electron chi connectivity index (χ3n) is 1.62. The molecule has 0 fully saturated rings. The van der Waals surface area contributed by atoms with Gasteiger partial charge in [0.15, 0.2) is 5.82 Å². The molecule has 0 aliphatic carbocycles. The molecule has 0 amide bonds. The lowest BCUT2D eigenvalue weighted by atomic mass is 10.3. The number of nitrogens with one attached hydrogen (secondary N) is 2. The van der Waals surface area contributed by atoms with E-state index in [0.717, 1.165) is 11.0 Å². The molecule has 0 atom stereocenters. The first-order chi connectivity index (χ1) is 6.40. The van der Waals surface area contributed by atoms with E-state index in [2.05, 4.69) is 36.0 Å². The van der Waals surface area contributed by atoms with Gasteiger partial charge in [-0.05, 0) is 12.1 Å². The molecule has 0 bridgehead atoms. The highest BCUT2D eigenvalue weighted by atomic mass is 79.9. The molecule has 13 heavy (non-hydrogen) atoms. The van der Waals surface area contributed by atoms with Crippen molar-refractivity contribution in [2.75, 3.05) is 5.43 Å². The monoisotopic (exact) mass is 238 g/mol. The molecular formula is C8H7BrN4. The van der Waals surface area contributed by atoms with Gasteiger partial charge in [-0.15, -0.1) is 0 Å². The largest absolute Gasteiger partial charge is 0.294 e.